The minimum Gasteiger partial charge on any atom is -0.372 e. The fourth-order valence-electron chi connectivity index (χ4n) is 4.39. The third-order valence-electron chi connectivity index (χ3n) is 5.91. The molecule has 7 heteroatoms. The van der Waals surface area contributed by atoms with E-state index in [2.05, 4.69) is 9.80 Å². The molecule has 2 atom stereocenters. The van der Waals surface area contributed by atoms with Gasteiger partial charge in [0.05, 0.1) is 25.3 Å². The van der Waals surface area contributed by atoms with Crippen molar-refractivity contribution in [2.24, 2.45) is 0 Å². The number of hydrogen-bond acceptors (Lipinski definition) is 5. The molecule has 0 radical (unpaired) electrons. The lowest BCUT2D eigenvalue weighted by Gasteiger charge is -2.38. The molecule has 0 spiro atoms. The van der Waals surface area contributed by atoms with Gasteiger partial charge in [0.15, 0.2) is 0 Å². The van der Waals surface area contributed by atoms with Crippen LogP contribution in [0.5, 0.6) is 0 Å². The van der Waals surface area contributed by atoms with Crippen LogP contribution in [0.25, 0.3) is 0 Å². The van der Waals surface area contributed by atoms with Crippen molar-refractivity contribution in [2.45, 2.75) is 51.7 Å². The molecule has 3 rings (SSSR count). The van der Waals surface area contributed by atoms with Crippen molar-refractivity contribution in [1.82, 2.24) is 19.6 Å². The van der Waals surface area contributed by atoms with E-state index in [0.717, 1.165) is 52.1 Å². The highest BCUT2D eigenvalue weighted by molar-refractivity contribution is 5.79. The molecule has 0 aliphatic carbocycles. The average molecular weight is 381 g/mol. The van der Waals surface area contributed by atoms with E-state index in [9.17, 15) is 9.59 Å². The van der Waals surface area contributed by atoms with Gasteiger partial charge in [-0.3, -0.25) is 19.4 Å². The molecule has 3 saturated heterocycles. The lowest BCUT2D eigenvalue weighted by molar-refractivity contribution is -0.145. The molecule has 154 valence electrons. The summed E-state index contributed by atoms with van der Waals surface area (Å²) < 4.78 is 5.72. The molecule has 2 unspecified atom stereocenters. The molecule has 0 N–H and O–H groups in total. The van der Waals surface area contributed by atoms with Crippen LogP contribution in [0, 0.1) is 0 Å². The third-order valence-corrected chi connectivity index (χ3v) is 5.91. The van der Waals surface area contributed by atoms with Crippen LogP contribution in [0.4, 0.5) is 0 Å². The third kappa shape index (κ3) is 6.16. The van der Waals surface area contributed by atoms with Crippen LogP contribution in [0.3, 0.4) is 0 Å². The van der Waals surface area contributed by atoms with E-state index in [0.29, 0.717) is 26.2 Å². The van der Waals surface area contributed by atoms with Gasteiger partial charge in [0.1, 0.15) is 0 Å². The summed E-state index contributed by atoms with van der Waals surface area (Å²) in [5.41, 5.74) is 0. The van der Waals surface area contributed by atoms with Crippen LogP contribution < -0.4 is 0 Å². The van der Waals surface area contributed by atoms with Gasteiger partial charge in [-0.05, 0) is 26.7 Å². The number of piperazine rings is 1. The lowest BCUT2D eigenvalue weighted by atomic mass is 10.2. The van der Waals surface area contributed by atoms with Gasteiger partial charge < -0.3 is 14.5 Å². The average Bonchev–Trinajstić information content (AvgIpc) is 2.92. The Morgan fingerprint density at radius 1 is 0.704 bits per heavy atom. The Labute approximate surface area is 163 Å². The van der Waals surface area contributed by atoms with Crippen LogP contribution >= 0.6 is 0 Å². The standard InChI is InChI=1S/C20H36N4O3/c1-17-13-24(14-18(2)27-17)20(26)16-22-11-9-21(10-12-22)15-19(25)23-7-5-3-4-6-8-23/h17-18H,3-16H2,1-2H3. The van der Waals surface area contributed by atoms with Gasteiger partial charge in [0.2, 0.25) is 11.8 Å². The molecule has 0 bridgehead atoms. The molecule has 0 saturated carbocycles. The first kappa shape index (κ1) is 20.6. The molecule has 2 amide bonds. The minimum absolute atomic E-state index is 0.111. The van der Waals surface area contributed by atoms with E-state index in [1.54, 1.807) is 0 Å². The fourth-order valence-corrected chi connectivity index (χ4v) is 4.39. The Morgan fingerprint density at radius 3 is 1.63 bits per heavy atom. The van der Waals surface area contributed by atoms with Gasteiger partial charge in [-0.1, -0.05) is 12.8 Å². The van der Waals surface area contributed by atoms with Crippen molar-refractivity contribution in [3.63, 3.8) is 0 Å². The zero-order valence-electron chi connectivity index (χ0n) is 17.1. The summed E-state index contributed by atoms with van der Waals surface area (Å²) in [6.07, 6.45) is 4.99. The van der Waals surface area contributed by atoms with Crippen molar-refractivity contribution in [1.29, 1.82) is 0 Å². The summed E-state index contributed by atoms with van der Waals surface area (Å²) >= 11 is 0. The number of morpholine rings is 1. The van der Waals surface area contributed by atoms with E-state index in [-0.39, 0.29) is 24.0 Å². The predicted molar refractivity (Wildman–Crippen MR) is 105 cm³/mol. The Balaban J connectivity index is 1.38. The zero-order valence-corrected chi connectivity index (χ0v) is 17.1. The zero-order chi connectivity index (χ0) is 19.2. The largest absolute Gasteiger partial charge is 0.372 e. The molecule has 0 aromatic carbocycles. The van der Waals surface area contributed by atoms with Crippen LogP contribution in [0.1, 0.15) is 39.5 Å². The van der Waals surface area contributed by atoms with Crippen molar-refractivity contribution in [2.75, 3.05) is 65.4 Å². The summed E-state index contributed by atoms with van der Waals surface area (Å²) in [4.78, 5) is 33.6. The van der Waals surface area contributed by atoms with Gasteiger partial charge >= 0.3 is 0 Å². The van der Waals surface area contributed by atoms with E-state index in [4.69, 9.17) is 4.74 Å². The molecule has 3 heterocycles. The lowest BCUT2D eigenvalue weighted by Crippen LogP contribution is -2.54. The van der Waals surface area contributed by atoms with Crippen molar-refractivity contribution in [3.8, 4) is 0 Å². The smallest absolute Gasteiger partial charge is 0.236 e. The highest BCUT2D eigenvalue weighted by atomic mass is 16.5. The van der Waals surface area contributed by atoms with E-state index in [1.807, 2.05) is 23.6 Å². The van der Waals surface area contributed by atoms with Gasteiger partial charge in [-0.2, -0.15) is 0 Å². The van der Waals surface area contributed by atoms with E-state index in [1.165, 1.54) is 12.8 Å². The Hall–Kier alpha value is -1.18. The first-order valence-electron chi connectivity index (χ1n) is 10.7. The van der Waals surface area contributed by atoms with Crippen LogP contribution in [-0.2, 0) is 14.3 Å². The first-order chi connectivity index (χ1) is 13.0. The Bertz CT molecular complexity index is 489. The molecular formula is C20H36N4O3. The summed E-state index contributed by atoms with van der Waals surface area (Å²) in [6, 6.07) is 0. The number of likely N-dealkylation sites (tertiary alicyclic amines) is 1. The summed E-state index contributed by atoms with van der Waals surface area (Å²) in [6.45, 7) is 11.7. The maximum Gasteiger partial charge on any atom is 0.236 e. The first-order valence-corrected chi connectivity index (χ1v) is 10.7. The predicted octanol–water partition coefficient (Wildman–Crippen LogP) is 0.642. The highest BCUT2D eigenvalue weighted by Crippen LogP contribution is 2.13. The molecule has 3 aliphatic heterocycles. The number of rotatable bonds is 4. The van der Waals surface area contributed by atoms with Crippen molar-refractivity contribution in [3.05, 3.63) is 0 Å². The second-order valence-corrected chi connectivity index (χ2v) is 8.40. The Kier molecular flexibility index (Phi) is 7.49. The fraction of sp³-hybridized carbons (Fsp3) is 0.900. The van der Waals surface area contributed by atoms with Gasteiger partial charge in [-0.25, -0.2) is 0 Å². The monoisotopic (exact) mass is 380 g/mol. The minimum atomic E-state index is 0.111. The number of ether oxygens (including phenoxy) is 1. The maximum atomic E-state index is 12.6. The quantitative estimate of drug-likeness (QED) is 0.717. The normalized spacial score (nSPS) is 28.8. The van der Waals surface area contributed by atoms with Crippen LogP contribution in [0.2, 0.25) is 0 Å². The molecule has 27 heavy (non-hydrogen) atoms. The molecule has 3 aliphatic rings. The maximum absolute atomic E-state index is 12.6. The molecule has 3 fully saturated rings. The number of nitrogens with zero attached hydrogens (tertiary/aromatic N) is 4. The van der Waals surface area contributed by atoms with Gasteiger partial charge in [-0.15, -0.1) is 0 Å². The number of carbonyl (C=O) groups is 2. The van der Waals surface area contributed by atoms with E-state index < -0.39 is 0 Å². The van der Waals surface area contributed by atoms with Crippen molar-refractivity contribution < 1.29 is 14.3 Å². The number of amides is 2. The highest BCUT2D eigenvalue weighted by Gasteiger charge is 2.28. The van der Waals surface area contributed by atoms with Gasteiger partial charge in [0.25, 0.3) is 0 Å². The summed E-state index contributed by atoms with van der Waals surface area (Å²) in [5, 5.41) is 0. The van der Waals surface area contributed by atoms with E-state index >= 15 is 0 Å². The summed E-state index contributed by atoms with van der Waals surface area (Å²) in [5.74, 6) is 0.476. The molecule has 0 aromatic rings. The SMILES string of the molecule is CC1CN(C(=O)CN2CCN(CC(=O)N3CCCCCC3)CC2)CC(C)O1. The second-order valence-electron chi connectivity index (χ2n) is 8.40. The summed E-state index contributed by atoms with van der Waals surface area (Å²) in [7, 11) is 0. The number of carbonyl (C=O) groups excluding carboxylic acids is 2. The van der Waals surface area contributed by atoms with Crippen LogP contribution in [-0.4, -0.2) is 109 Å². The number of hydrogen-bond donors (Lipinski definition) is 0. The topological polar surface area (TPSA) is 56.3 Å². The molecular weight excluding hydrogens is 344 g/mol. The molecule has 7 nitrogen and oxygen atoms in total. The van der Waals surface area contributed by atoms with Gasteiger partial charge in [0, 0.05) is 52.4 Å². The molecule has 0 aromatic heterocycles. The Morgan fingerprint density at radius 2 is 1.15 bits per heavy atom. The van der Waals surface area contributed by atoms with Crippen LogP contribution in [0.15, 0.2) is 0 Å². The second kappa shape index (κ2) is 9.85. The van der Waals surface area contributed by atoms with Crippen molar-refractivity contribution >= 4 is 11.8 Å².